The fraction of sp³-hybridized carbons (Fsp3) is 0.364. The maximum atomic E-state index is 12.5. The first-order valence-electron chi connectivity index (χ1n) is 5.71. The van der Waals surface area contributed by atoms with Gasteiger partial charge in [0, 0.05) is 18.5 Å². The van der Waals surface area contributed by atoms with Crippen LogP contribution in [0.5, 0.6) is 0 Å². The Kier molecular flexibility index (Phi) is 4.50. The van der Waals surface area contributed by atoms with Gasteiger partial charge in [0.15, 0.2) is 0 Å². The van der Waals surface area contributed by atoms with Crippen LogP contribution in [-0.4, -0.2) is 35.1 Å². The van der Waals surface area contributed by atoms with Crippen LogP contribution < -0.4 is 0 Å². The molecule has 0 radical (unpaired) electrons. The van der Waals surface area contributed by atoms with Crippen LogP contribution in [0.25, 0.3) is 0 Å². The van der Waals surface area contributed by atoms with Crippen molar-refractivity contribution in [2.24, 2.45) is 0 Å². The molecule has 9 heteroatoms. The Labute approximate surface area is 126 Å². The van der Waals surface area contributed by atoms with Crippen LogP contribution in [0.2, 0.25) is 4.34 Å². The van der Waals surface area contributed by atoms with E-state index in [-0.39, 0.29) is 17.1 Å². The second-order valence-corrected chi connectivity index (χ2v) is 8.03. The quantitative estimate of drug-likeness (QED) is 0.871. The third-order valence-electron chi connectivity index (χ3n) is 2.79. The lowest BCUT2D eigenvalue weighted by Gasteiger charge is -2.16. The van der Waals surface area contributed by atoms with Gasteiger partial charge < -0.3 is 5.11 Å². The molecule has 0 fully saturated rings. The van der Waals surface area contributed by atoms with Gasteiger partial charge in [0.1, 0.15) is 10.6 Å². The van der Waals surface area contributed by atoms with Gasteiger partial charge in [-0.3, -0.25) is 5.10 Å². The van der Waals surface area contributed by atoms with Crippen molar-refractivity contribution < 1.29 is 13.5 Å². The maximum absolute atomic E-state index is 12.5. The molecule has 110 valence electrons. The van der Waals surface area contributed by atoms with E-state index in [0.29, 0.717) is 10.0 Å². The Morgan fingerprint density at radius 2 is 2.20 bits per heavy atom. The van der Waals surface area contributed by atoms with Gasteiger partial charge in [-0.15, -0.1) is 11.3 Å². The van der Waals surface area contributed by atoms with Gasteiger partial charge in [-0.25, -0.2) is 8.42 Å². The fourth-order valence-electron chi connectivity index (χ4n) is 1.82. The van der Waals surface area contributed by atoms with Crippen LogP contribution in [0.15, 0.2) is 17.0 Å². The van der Waals surface area contributed by atoms with Crippen molar-refractivity contribution in [3.8, 4) is 0 Å². The lowest BCUT2D eigenvalue weighted by Crippen LogP contribution is -2.27. The van der Waals surface area contributed by atoms with E-state index < -0.39 is 16.6 Å². The standard InChI is InChI=1S/C11H14ClN3O3S2/c1-7-11(9(6-16)14-13-7)20(17,18)15(2)5-8-3-4-10(12)19-8/h3-4,16H,5-6H2,1-2H3,(H,13,14). The molecule has 0 unspecified atom stereocenters. The topological polar surface area (TPSA) is 86.3 Å². The van der Waals surface area contributed by atoms with Crippen molar-refractivity contribution in [3.63, 3.8) is 0 Å². The summed E-state index contributed by atoms with van der Waals surface area (Å²) in [4.78, 5) is 0.873. The number of thiophene rings is 1. The molecule has 0 aliphatic heterocycles. The number of aliphatic hydroxyl groups is 1. The summed E-state index contributed by atoms with van der Waals surface area (Å²) in [6.07, 6.45) is 0. The van der Waals surface area contributed by atoms with Crippen LogP contribution >= 0.6 is 22.9 Å². The summed E-state index contributed by atoms with van der Waals surface area (Å²) in [5.74, 6) is 0. The molecule has 0 aliphatic rings. The minimum Gasteiger partial charge on any atom is -0.390 e. The molecular weight excluding hydrogens is 322 g/mol. The first kappa shape index (κ1) is 15.5. The smallest absolute Gasteiger partial charge is 0.246 e. The predicted octanol–water partition coefficient (Wildman–Crippen LogP) is 1.75. The summed E-state index contributed by atoms with van der Waals surface area (Å²) < 4.78 is 26.9. The van der Waals surface area contributed by atoms with Crippen LogP contribution in [0.4, 0.5) is 0 Å². The summed E-state index contributed by atoms with van der Waals surface area (Å²) in [7, 11) is -2.23. The highest BCUT2D eigenvalue weighted by Gasteiger charge is 2.28. The van der Waals surface area contributed by atoms with Crippen molar-refractivity contribution in [1.29, 1.82) is 0 Å². The van der Waals surface area contributed by atoms with Crippen LogP contribution in [0.3, 0.4) is 0 Å². The number of H-pyrrole nitrogens is 1. The summed E-state index contributed by atoms with van der Waals surface area (Å²) in [5.41, 5.74) is 0.531. The molecule has 2 aromatic heterocycles. The van der Waals surface area contributed by atoms with E-state index in [9.17, 15) is 13.5 Å². The zero-order chi connectivity index (χ0) is 14.9. The number of nitrogens with one attached hydrogen (secondary N) is 1. The second-order valence-electron chi connectivity index (χ2n) is 4.25. The van der Waals surface area contributed by atoms with E-state index in [4.69, 9.17) is 11.6 Å². The number of halogens is 1. The molecule has 0 aromatic carbocycles. The number of aromatic nitrogens is 2. The molecule has 2 N–H and O–H groups in total. The molecule has 0 spiro atoms. The van der Waals surface area contributed by atoms with Gasteiger partial charge in [-0.2, -0.15) is 9.40 Å². The van der Waals surface area contributed by atoms with Gasteiger partial charge in [0.2, 0.25) is 10.0 Å². The number of aromatic amines is 1. The normalized spacial score (nSPS) is 12.2. The summed E-state index contributed by atoms with van der Waals surface area (Å²) >= 11 is 7.16. The summed E-state index contributed by atoms with van der Waals surface area (Å²) in [6, 6.07) is 3.51. The Bertz CT molecular complexity index is 708. The van der Waals surface area contributed by atoms with Crippen molar-refractivity contribution in [3.05, 3.63) is 32.7 Å². The molecule has 0 saturated carbocycles. The van der Waals surface area contributed by atoms with Gasteiger partial charge in [-0.1, -0.05) is 11.6 Å². The molecular formula is C11H14ClN3O3S2. The van der Waals surface area contributed by atoms with E-state index in [0.717, 1.165) is 4.88 Å². The molecule has 2 rings (SSSR count). The number of aliphatic hydroxyl groups excluding tert-OH is 1. The molecule has 2 aromatic rings. The molecule has 0 bridgehead atoms. The third kappa shape index (κ3) is 2.89. The number of hydrogen-bond donors (Lipinski definition) is 2. The lowest BCUT2D eigenvalue weighted by atomic mass is 10.4. The van der Waals surface area contributed by atoms with Gasteiger partial charge in [0.25, 0.3) is 0 Å². The van der Waals surface area contributed by atoms with Crippen LogP contribution in [0, 0.1) is 6.92 Å². The highest BCUT2D eigenvalue weighted by Crippen LogP contribution is 2.26. The minimum absolute atomic E-state index is 0.0325. The van der Waals surface area contributed by atoms with Crippen LogP contribution in [-0.2, 0) is 23.2 Å². The number of nitrogens with zero attached hydrogens (tertiary/aromatic N) is 2. The number of rotatable bonds is 5. The minimum atomic E-state index is -3.71. The molecule has 6 nitrogen and oxygen atoms in total. The maximum Gasteiger partial charge on any atom is 0.246 e. The van der Waals surface area contributed by atoms with Crippen LogP contribution in [0.1, 0.15) is 16.3 Å². The van der Waals surface area contributed by atoms with Crippen molar-refractivity contribution in [2.75, 3.05) is 7.05 Å². The van der Waals surface area contributed by atoms with E-state index in [1.807, 2.05) is 0 Å². The largest absolute Gasteiger partial charge is 0.390 e. The second kappa shape index (κ2) is 5.82. The monoisotopic (exact) mass is 335 g/mol. The zero-order valence-corrected chi connectivity index (χ0v) is 13.3. The third-order valence-corrected chi connectivity index (χ3v) is 6.01. The average Bonchev–Trinajstić information content (AvgIpc) is 2.95. The van der Waals surface area contributed by atoms with Gasteiger partial charge >= 0.3 is 0 Å². The highest BCUT2D eigenvalue weighted by atomic mass is 35.5. The van der Waals surface area contributed by atoms with E-state index in [1.54, 1.807) is 19.1 Å². The van der Waals surface area contributed by atoms with E-state index >= 15 is 0 Å². The first-order valence-corrected chi connectivity index (χ1v) is 8.35. The Hall–Kier alpha value is -0.930. The molecule has 20 heavy (non-hydrogen) atoms. The molecule has 0 amide bonds. The van der Waals surface area contributed by atoms with Crippen molar-refractivity contribution >= 4 is 33.0 Å². The molecule has 2 heterocycles. The summed E-state index contributed by atoms with van der Waals surface area (Å²) in [6.45, 7) is 1.39. The van der Waals surface area contributed by atoms with Gasteiger partial charge in [0.05, 0.1) is 16.6 Å². The number of aryl methyl sites for hydroxylation is 1. The van der Waals surface area contributed by atoms with E-state index in [2.05, 4.69) is 10.2 Å². The zero-order valence-electron chi connectivity index (χ0n) is 10.9. The van der Waals surface area contributed by atoms with E-state index in [1.165, 1.54) is 22.7 Å². The predicted molar refractivity (Wildman–Crippen MR) is 77.2 cm³/mol. The van der Waals surface area contributed by atoms with Crippen molar-refractivity contribution in [1.82, 2.24) is 14.5 Å². The Morgan fingerprint density at radius 3 is 2.75 bits per heavy atom. The fourth-order valence-corrected chi connectivity index (χ4v) is 4.50. The highest BCUT2D eigenvalue weighted by molar-refractivity contribution is 7.89. The Balaban J connectivity index is 2.32. The first-order chi connectivity index (χ1) is 9.36. The molecule has 0 atom stereocenters. The summed E-state index contributed by atoms with van der Waals surface area (Å²) in [5, 5.41) is 15.6. The molecule has 0 saturated heterocycles. The molecule has 0 aliphatic carbocycles. The van der Waals surface area contributed by atoms with Gasteiger partial charge in [-0.05, 0) is 19.1 Å². The SMILES string of the molecule is Cc1[nH]nc(CO)c1S(=O)(=O)N(C)Cc1ccc(Cl)s1. The average molecular weight is 336 g/mol. The lowest BCUT2D eigenvalue weighted by molar-refractivity contribution is 0.273. The number of hydrogen-bond acceptors (Lipinski definition) is 5. The number of sulfonamides is 1. The Morgan fingerprint density at radius 1 is 1.50 bits per heavy atom. The van der Waals surface area contributed by atoms with Crippen molar-refractivity contribution in [2.45, 2.75) is 25.0 Å².